The van der Waals surface area contributed by atoms with Gasteiger partial charge in [-0.15, -0.1) is 0 Å². The van der Waals surface area contributed by atoms with Gasteiger partial charge >= 0.3 is 0 Å². The lowest BCUT2D eigenvalue weighted by Crippen LogP contribution is -2.47. The summed E-state index contributed by atoms with van der Waals surface area (Å²) < 4.78 is 10.6. The van der Waals surface area contributed by atoms with E-state index in [0.717, 1.165) is 56.2 Å². The van der Waals surface area contributed by atoms with E-state index < -0.39 is 0 Å². The molecule has 1 fully saturated rings. The fourth-order valence-electron chi connectivity index (χ4n) is 3.62. The van der Waals surface area contributed by atoms with Crippen molar-refractivity contribution in [1.29, 1.82) is 0 Å². The molecule has 6 nitrogen and oxygen atoms in total. The second kappa shape index (κ2) is 10.7. The van der Waals surface area contributed by atoms with Crippen LogP contribution in [0.2, 0.25) is 0 Å². The largest absolute Gasteiger partial charge is 0.497 e. The highest BCUT2D eigenvalue weighted by atomic mass is 16.5. The molecule has 0 spiro atoms. The van der Waals surface area contributed by atoms with Crippen molar-refractivity contribution < 1.29 is 14.3 Å². The first-order valence-corrected chi connectivity index (χ1v) is 10.2. The third-order valence-electron chi connectivity index (χ3n) is 5.37. The Bertz CT molecular complexity index is 771. The Morgan fingerprint density at radius 2 is 1.69 bits per heavy atom. The maximum Gasteiger partial charge on any atom is 0.221 e. The predicted octanol–water partition coefficient (Wildman–Crippen LogP) is 2.57. The topological polar surface area (TPSA) is 54.0 Å². The zero-order valence-corrected chi connectivity index (χ0v) is 17.4. The minimum absolute atomic E-state index is 0.109. The van der Waals surface area contributed by atoms with Crippen LogP contribution in [0.1, 0.15) is 12.0 Å². The number of hydrogen-bond donors (Lipinski definition) is 1. The Morgan fingerprint density at radius 3 is 2.38 bits per heavy atom. The lowest BCUT2D eigenvalue weighted by atomic mass is 10.1. The maximum absolute atomic E-state index is 12.2. The molecule has 1 heterocycles. The van der Waals surface area contributed by atoms with Gasteiger partial charge in [0.25, 0.3) is 0 Å². The van der Waals surface area contributed by atoms with E-state index in [9.17, 15) is 4.79 Å². The van der Waals surface area contributed by atoms with Crippen molar-refractivity contribution in [3.05, 3.63) is 54.1 Å². The zero-order valence-electron chi connectivity index (χ0n) is 17.4. The number of carbonyl (C=O) groups is 1. The van der Waals surface area contributed by atoms with Crippen molar-refractivity contribution in [2.45, 2.75) is 12.8 Å². The van der Waals surface area contributed by atoms with Gasteiger partial charge in [0.15, 0.2) is 0 Å². The number of amides is 1. The first kappa shape index (κ1) is 21.0. The molecule has 156 valence electrons. The maximum atomic E-state index is 12.2. The molecule has 1 amide bonds. The van der Waals surface area contributed by atoms with Crippen LogP contribution in [-0.2, 0) is 11.2 Å². The van der Waals surface area contributed by atoms with Crippen LogP contribution in [0.3, 0.4) is 0 Å². The van der Waals surface area contributed by atoms with Gasteiger partial charge in [0, 0.05) is 51.4 Å². The first-order valence-electron chi connectivity index (χ1n) is 10.2. The predicted molar refractivity (Wildman–Crippen MR) is 116 cm³/mol. The Kier molecular flexibility index (Phi) is 7.76. The minimum atomic E-state index is 0.109. The molecule has 0 bridgehead atoms. The van der Waals surface area contributed by atoms with Crippen molar-refractivity contribution in [2.24, 2.45) is 0 Å². The number of piperazine rings is 1. The summed E-state index contributed by atoms with van der Waals surface area (Å²) in [6.07, 6.45) is 1.31. The summed E-state index contributed by atoms with van der Waals surface area (Å²) >= 11 is 0. The molecule has 2 aromatic carbocycles. The van der Waals surface area contributed by atoms with E-state index in [1.54, 1.807) is 14.2 Å². The third kappa shape index (κ3) is 6.12. The molecule has 1 aliphatic rings. The molecule has 0 saturated carbocycles. The van der Waals surface area contributed by atoms with Crippen molar-refractivity contribution in [2.75, 3.05) is 58.4 Å². The van der Waals surface area contributed by atoms with Gasteiger partial charge in [0.1, 0.15) is 11.5 Å². The number of nitrogens with zero attached hydrogens (tertiary/aromatic N) is 2. The number of methoxy groups -OCH3 is 2. The van der Waals surface area contributed by atoms with Crippen LogP contribution in [0.25, 0.3) is 0 Å². The van der Waals surface area contributed by atoms with E-state index in [-0.39, 0.29) is 5.91 Å². The van der Waals surface area contributed by atoms with E-state index in [1.807, 2.05) is 36.4 Å². The summed E-state index contributed by atoms with van der Waals surface area (Å²) in [5.41, 5.74) is 2.34. The number of ether oxygens (including phenoxy) is 2. The normalized spacial score (nSPS) is 14.5. The highest BCUT2D eigenvalue weighted by Crippen LogP contribution is 2.20. The monoisotopic (exact) mass is 397 g/mol. The van der Waals surface area contributed by atoms with Crippen molar-refractivity contribution in [3.63, 3.8) is 0 Å². The molecule has 0 unspecified atom stereocenters. The van der Waals surface area contributed by atoms with Crippen LogP contribution >= 0.6 is 0 Å². The molecule has 29 heavy (non-hydrogen) atoms. The molecule has 1 N–H and O–H groups in total. The van der Waals surface area contributed by atoms with Crippen LogP contribution < -0.4 is 19.7 Å². The number of para-hydroxylation sites is 1. The smallest absolute Gasteiger partial charge is 0.221 e. The van der Waals surface area contributed by atoms with Crippen molar-refractivity contribution >= 4 is 11.6 Å². The number of benzene rings is 2. The molecule has 3 rings (SSSR count). The van der Waals surface area contributed by atoms with Gasteiger partial charge in [-0.1, -0.05) is 18.2 Å². The quantitative estimate of drug-likeness (QED) is 0.705. The number of nitrogens with one attached hydrogen (secondary N) is 1. The lowest BCUT2D eigenvalue weighted by Gasteiger charge is -2.36. The van der Waals surface area contributed by atoms with E-state index >= 15 is 0 Å². The van der Waals surface area contributed by atoms with Gasteiger partial charge in [0.2, 0.25) is 5.91 Å². The summed E-state index contributed by atoms with van der Waals surface area (Å²) in [4.78, 5) is 16.9. The number of hydrogen-bond acceptors (Lipinski definition) is 5. The molecular formula is C23H31N3O3. The Morgan fingerprint density at radius 1 is 0.966 bits per heavy atom. The van der Waals surface area contributed by atoms with Crippen LogP contribution in [0.4, 0.5) is 5.69 Å². The molecule has 0 aromatic heterocycles. The number of rotatable bonds is 9. The van der Waals surface area contributed by atoms with Gasteiger partial charge in [-0.25, -0.2) is 0 Å². The van der Waals surface area contributed by atoms with E-state index in [1.165, 1.54) is 5.69 Å². The minimum Gasteiger partial charge on any atom is -0.497 e. The average molecular weight is 398 g/mol. The number of carbonyl (C=O) groups excluding carboxylic acids is 1. The Balaban J connectivity index is 1.34. The second-order valence-electron chi connectivity index (χ2n) is 7.19. The second-order valence-corrected chi connectivity index (χ2v) is 7.19. The molecule has 0 radical (unpaired) electrons. The summed E-state index contributed by atoms with van der Waals surface area (Å²) in [5.74, 6) is 1.86. The van der Waals surface area contributed by atoms with Crippen LogP contribution in [0, 0.1) is 0 Å². The summed E-state index contributed by atoms with van der Waals surface area (Å²) in [7, 11) is 3.36. The summed E-state index contributed by atoms with van der Waals surface area (Å²) in [6.45, 7) is 5.33. The van der Waals surface area contributed by atoms with E-state index in [0.29, 0.717) is 13.0 Å². The van der Waals surface area contributed by atoms with Crippen LogP contribution in [0.15, 0.2) is 48.5 Å². The molecule has 0 aliphatic carbocycles. The zero-order chi connectivity index (χ0) is 20.5. The fraction of sp³-hybridized carbons (Fsp3) is 0.435. The SMILES string of the molecule is COc1ccc(N2CCN(CCC(=O)NCCc3ccccc3OC)CC2)cc1. The molecule has 0 atom stereocenters. The van der Waals surface area contributed by atoms with Crippen molar-refractivity contribution in [1.82, 2.24) is 10.2 Å². The van der Waals surface area contributed by atoms with Gasteiger partial charge in [0.05, 0.1) is 14.2 Å². The molecule has 1 aliphatic heterocycles. The van der Waals surface area contributed by atoms with E-state index in [4.69, 9.17) is 9.47 Å². The summed E-state index contributed by atoms with van der Waals surface area (Å²) in [6, 6.07) is 16.1. The molecule has 1 saturated heterocycles. The molecule has 6 heteroatoms. The third-order valence-corrected chi connectivity index (χ3v) is 5.37. The van der Waals surface area contributed by atoms with Crippen molar-refractivity contribution in [3.8, 4) is 11.5 Å². The van der Waals surface area contributed by atoms with Gasteiger partial charge < -0.3 is 19.7 Å². The highest BCUT2D eigenvalue weighted by molar-refractivity contribution is 5.76. The highest BCUT2D eigenvalue weighted by Gasteiger charge is 2.17. The van der Waals surface area contributed by atoms with Crippen LogP contribution in [-0.4, -0.2) is 64.3 Å². The Labute approximate surface area is 173 Å². The lowest BCUT2D eigenvalue weighted by molar-refractivity contribution is -0.121. The number of anilines is 1. The summed E-state index contributed by atoms with van der Waals surface area (Å²) in [5, 5.41) is 3.02. The van der Waals surface area contributed by atoms with Gasteiger partial charge in [-0.3, -0.25) is 9.69 Å². The van der Waals surface area contributed by atoms with Crippen LogP contribution in [0.5, 0.6) is 11.5 Å². The van der Waals surface area contributed by atoms with Gasteiger partial charge in [-0.2, -0.15) is 0 Å². The van der Waals surface area contributed by atoms with E-state index in [2.05, 4.69) is 27.2 Å². The average Bonchev–Trinajstić information content (AvgIpc) is 2.78. The fourth-order valence-corrected chi connectivity index (χ4v) is 3.62. The van der Waals surface area contributed by atoms with Gasteiger partial charge in [-0.05, 0) is 42.3 Å². The molecule has 2 aromatic rings. The first-order chi connectivity index (χ1) is 14.2. The molecular weight excluding hydrogens is 366 g/mol. The standard InChI is InChI=1S/C23H31N3O3/c1-28-21-9-7-20(8-10-21)26-17-15-25(16-18-26)14-12-23(27)24-13-11-19-5-3-4-6-22(19)29-2/h3-10H,11-18H2,1-2H3,(H,24,27). The Hall–Kier alpha value is -2.73.